The third kappa shape index (κ3) is 5.06. The third-order valence-electron chi connectivity index (χ3n) is 2.27. The molecule has 104 valence electrons. The normalized spacial score (nSPS) is 11.9. The molecule has 7 heteroatoms. The van der Waals surface area contributed by atoms with E-state index < -0.39 is 12.1 Å². The number of amides is 1. The molecule has 1 unspecified atom stereocenters. The highest BCUT2D eigenvalue weighted by molar-refractivity contribution is 6.39. The van der Waals surface area contributed by atoms with E-state index in [0.29, 0.717) is 15.7 Å². The first kappa shape index (κ1) is 15.8. The summed E-state index contributed by atoms with van der Waals surface area (Å²) in [7, 11) is 0. The number of halogens is 2. The van der Waals surface area contributed by atoms with Crippen LogP contribution in [0.4, 0.5) is 5.69 Å². The van der Waals surface area contributed by atoms with Crippen molar-refractivity contribution in [3.05, 3.63) is 28.2 Å². The smallest absolute Gasteiger partial charge is 0.332 e. The number of para-hydroxylation sites is 1. The van der Waals surface area contributed by atoms with Crippen molar-refractivity contribution in [2.24, 2.45) is 0 Å². The number of benzene rings is 1. The van der Waals surface area contributed by atoms with E-state index in [0.717, 1.165) is 0 Å². The maximum atomic E-state index is 11.6. The number of carbonyl (C=O) groups is 2. The molecule has 0 aliphatic carbocycles. The van der Waals surface area contributed by atoms with Crippen LogP contribution in [0.5, 0.6) is 0 Å². The summed E-state index contributed by atoms with van der Waals surface area (Å²) in [5, 5.41) is 11.8. The maximum Gasteiger partial charge on any atom is 0.332 e. The number of hydrogen-bond acceptors (Lipinski definition) is 3. The summed E-state index contributed by atoms with van der Waals surface area (Å²) < 4.78 is 4.95. The molecule has 0 fully saturated rings. The predicted octanol–water partition coefficient (Wildman–Crippen LogP) is 2.81. The van der Waals surface area contributed by atoms with Crippen LogP contribution < -0.4 is 5.32 Å². The summed E-state index contributed by atoms with van der Waals surface area (Å²) in [6, 6.07) is 4.87. The summed E-state index contributed by atoms with van der Waals surface area (Å²) in [6.07, 6.45) is -0.934. The van der Waals surface area contributed by atoms with E-state index in [-0.39, 0.29) is 18.9 Å². The lowest BCUT2D eigenvalue weighted by Gasteiger charge is -2.10. The lowest BCUT2D eigenvalue weighted by atomic mass is 10.3. The van der Waals surface area contributed by atoms with Crippen LogP contribution >= 0.6 is 23.2 Å². The zero-order valence-electron chi connectivity index (χ0n) is 10.2. The summed E-state index contributed by atoms with van der Waals surface area (Å²) in [6.45, 7) is 1.40. The Balaban J connectivity index is 2.46. The number of aliphatic carboxylic acids is 1. The second kappa shape index (κ2) is 7.33. The summed E-state index contributed by atoms with van der Waals surface area (Å²) in [5.41, 5.74) is 0.335. The van der Waals surface area contributed by atoms with Gasteiger partial charge in [-0.2, -0.15) is 0 Å². The molecule has 1 amide bonds. The Morgan fingerprint density at radius 2 is 1.95 bits per heavy atom. The predicted molar refractivity (Wildman–Crippen MR) is 72.8 cm³/mol. The van der Waals surface area contributed by atoms with Crippen molar-refractivity contribution in [3.8, 4) is 0 Å². The Morgan fingerprint density at radius 1 is 1.37 bits per heavy atom. The second-order valence-electron chi connectivity index (χ2n) is 3.75. The van der Waals surface area contributed by atoms with Gasteiger partial charge in [-0.3, -0.25) is 4.79 Å². The van der Waals surface area contributed by atoms with E-state index in [9.17, 15) is 9.59 Å². The molecule has 2 N–H and O–H groups in total. The van der Waals surface area contributed by atoms with Crippen LogP contribution in [0.25, 0.3) is 0 Å². The van der Waals surface area contributed by atoms with E-state index >= 15 is 0 Å². The molecule has 0 saturated carbocycles. The van der Waals surface area contributed by atoms with Crippen molar-refractivity contribution >= 4 is 40.8 Å². The van der Waals surface area contributed by atoms with Crippen LogP contribution in [0.15, 0.2) is 18.2 Å². The van der Waals surface area contributed by atoms with Gasteiger partial charge in [0.05, 0.1) is 28.8 Å². The molecular formula is C12H13Cl2NO4. The van der Waals surface area contributed by atoms with Gasteiger partial charge in [-0.05, 0) is 19.1 Å². The van der Waals surface area contributed by atoms with Crippen LogP contribution in [0.1, 0.15) is 13.3 Å². The van der Waals surface area contributed by atoms with Gasteiger partial charge in [-0.1, -0.05) is 29.3 Å². The quantitative estimate of drug-likeness (QED) is 0.847. The fourth-order valence-electron chi connectivity index (χ4n) is 1.22. The monoisotopic (exact) mass is 305 g/mol. The molecule has 0 radical (unpaired) electrons. The van der Waals surface area contributed by atoms with Crippen LogP contribution in [-0.4, -0.2) is 29.7 Å². The van der Waals surface area contributed by atoms with Crippen molar-refractivity contribution in [1.29, 1.82) is 0 Å². The van der Waals surface area contributed by atoms with Gasteiger partial charge >= 0.3 is 5.97 Å². The van der Waals surface area contributed by atoms with E-state index in [4.69, 9.17) is 33.0 Å². The number of carboxylic acid groups (broad SMARTS) is 1. The zero-order valence-corrected chi connectivity index (χ0v) is 11.7. The van der Waals surface area contributed by atoms with Gasteiger partial charge in [0.1, 0.15) is 0 Å². The molecule has 1 rings (SSSR count). The number of rotatable bonds is 6. The number of carboxylic acids is 1. The molecule has 19 heavy (non-hydrogen) atoms. The number of anilines is 1. The van der Waals surface area contributed by atoms with Crippen LogP contribution in [0.3, 0.4) is 0 Å². The van der Waals surface area contributed by atoms with Gasteiger partial charge in [0.25, 0.3) is 0 Å². The largest absolute Gasteiger partial charge is 0.479 e. The number of ether oxygens (including phenoxy) is 1. The van der Waals surface area contributed by atoms with Gasteiger partial charge in [-0.25, -0.2) is 4.79 Å². The van der Waals surface area contributed by atoms with Gasteiger partial charge in [0.2, 0.25) is 5.91 Å². The molecule has 0 heterocycles. The first-order chi connectivity index (χ1) is 8.91. The molecule has 1 atom stereocenters. The SMILES string of the molecule is CC(OCCC(=O)Nc1c(Cl)cccc1Cl)C(=O)O. The van der Waals surface area contributed by atoms with Gasteiger partial charge in [0, 0.05) is 0 Å². The molecule has 0 spiro atoms. The minimum atomic E-state index is -1.07. The van der Waals surface area contributed by atoms with Crippen LogP contribution in [0, 0.1) is 0 Å². The third-order valence-corrected chi connectivity index (χ3v) is 2.90. The molecule has 0 bridgehead atoms. The minimum absolute atomic E-state index is 0.00136. The number of nitrogens with one attached hydrogen (secondary N) is 1. The first-order valence-electron chi connectivity index (χ1n) is 5.50. The highest BCUT2D eigenvalue weighted by Gasteiger charge is 2.13. The van der Waals surface area contributed by atoms with E-state index in [1.807, 2.05) is 0 Å². The molecule has 0 saturated heterocycles. The van der Waals surface area contributed by atoms with Crippen molar-refractivity contribution in [2.45, 2.75) is 19.4 Å². The van der Waals surface area contributed by atoms with Gasteiger partial charge in [-0.15, -0.1) is 0 Å². The lowest BCUT2D eigenvalue weighted by molar-refractivity contribution is -0.149. The lowest BCUT2D eigenvalue weighted by Crippen LogP contribution is -2.22. The zero-order chi connectivity index (χ0) is 14.4. The Bertz CT molecular complexity index is 459. The van der Waals surface area contributed by atoms with Gasteiger partial charge in [0.15, 0.2) is 6.10 Å². The number of carbonyl (C=O) groups excluding carboxylic acids is 1. The standard InChI is InChI=1S/C12H13Cl2NO4/c1-7(12(17)18)19-6-5-10(16)15-11-8(13)3-2-4-9(11)14/h2-4,7H,5-6H2,1H3,(H,15,16)(H,17,18). The van der Waals surface area contributed by atoms with Gasteiger partial charge < -0.3 is 15.2 Å². The number of hydrogen-bond donors (Lipinski definition) is 2. The average molecular weight is 306 g/mol. The molecular weight excluding hydrogens is 293 g/mol. The average Bonchev–Trinajstić information content (AvgIpc) is 2.33. The molecule has 0 aromatic heterocycles. The van der Waals surface area contributed by atoms with E-state index in [1.165, 1.54) is 6.92 Å². The highest BCUT2D eigenvalue weighted by atomic mass is 35.5. The van der Waals surface area contributed by atoms with Crippen molar-refractivity contribution < 1.29 is 19.4 Å². The van der Waals surface area contributed by atoms with E-state index in [1.54, 1.807) is 18.2 Å². The maximum absolute atomic E-state index is 11.6. The molecule has 0 aliphatic rings. The van der Waals surface area contributed by atoms with Crippen LogP contribution in [-0.2, 0) is 14.3 Å². The summed E-state index contributed by atoms with van der Waals surface area (Å²) >= 11 is 11.8. The second-order valence-corrected chi connectivity index (χ2v) is 4.56. The Morgan fingerprint density at radius 3 is 2.47 bits per heavy atom. The molecule has 1 aromatic carbocycles. The minimum Gasteiger partial charge on any atom is -0.479 e. The fourth-order valence-corrected chi connectivity index (χ4v) is 1.71. The fraction of sp³-hybridized carbons (Fsp3) is 0.333. The van der Waals surface area contributed by atoms with Crippen molar-refractivity contribution in [3.63, 3.8) is 0 Å². The van der Waals surface area contributed by atoms with Crippen molar-refractivity contribution in [1.82, 2.24) is 0 Å². The Kier molecular flexibility index (Phi) is 6.08. The first-order valence-corrected chi connectivity index (χ1v) is 6.25. The van der Waals surface area contributed by atoms with E-state index in [2.05, 4.69) is 5.32 Å². The Hall–Kier alpha value is -1.30. The highest BCUT2D eigenvalue weighted by Crippen LogP contribution is 2.29. The van der Waals surface area contributed by atoms with Crippen LogP contribution in [0.2, 0.25) is 10.0 Å². The molecule has 0 aliphatic heterocycles. The molecule has 5 nitrogen and oxygen atoms in total. The topological polar surface area (TPSA) is 75.6 Å². The summed E-state index contributed by atoms with van der Waals surface area (Å²) in [5.74, 6) is -1.43. The summed E-state index contributed by atoms with van der Waals surface area (Å²) in [4.78, 5) is 22.1. The molecule has 1 aromatic rings. The Labute approximate surface area is 120 Å². The van der Waals surface area contributed by atoms with Crippen molar-refractivity contribution in [2.75, 3.05) is 11.9 Å².